The van der Waals surface area contributed by atoms with E-state index >= 15 is 0 Å². The number of hydrogen-bond acceptors (Lipinski definition) is 4. The Bertz CT molecular complexity index is 1140. The van der Waals surface area contributed by atoms with Crippen LogP contribution in [-0.2, 0) is 22.6 Å². The quantitative estimate of drug-likeness (QED) is 0.560. The van der Waals surface area contributed by atoms with Crippen LogP contribution in [0.15, 0.2) is 66.7 Å². The van der Waals surface area contributed by atoms with Crippen molar-refractivity contribution in [2.24, 2.45) is 0 Å². The Morgan fingerprint density at radius 3 is 2.38 bits per heavy atom. The Balaban J connectivity index is 1.21. The SMILES string of the molecule is CCc1ccccc1NC(=O)CN1CCN(C(=O)CN(C)Cc2ccc3ccccc3c2)CC1. The van der Waals surface area contributed by atoms with Crippen molar-refractivity contribution >= 4 is 28.3 Å². The predicted molar refractivity (Wildman–Crippen MR) is 138 cm³/mol. The molecule has 1 saturated heterocycles. The molecule has 3 aromatic rings. The molecule has 6 heteroatoms. The lowest BCUT2D eigenvalue weighted by atomic mass is 10.1. The summed E-state index contributed by atoms with van der Waals surface area (Å²) in [5.41, 5.74) is 3.23. The average molecular weight is 459 g/mol. The van der Waals surface area contributed by atoms with Crippen LogP contribution in [0.3, 0.4) is 0 Å². The lowest BCUT2D eigenvalue weighted by molar-refractivity contribution is -0.134. The number of fused-ring (bicyclic) bond motifs is 1. The number of piperazine rings is 1. The van der Waals surface area contributed by atoms with Gasteiger partial charge in [-0.1, -0.05) is 61.5 Å². The van der Waals surface area contributed by atoms with Gasteiger partial charge in [0.25, 0.3) is 0 Å². The minimum Gasteiger partial charge on any atom is -0.339 e. The smallest absolute Gasteiger partial charge is 0.238 e. The molecule has 1 aliphatic heterocycles. The highest BCUT2D eigenvalue weighted by molar-refractivity contribution is 5.93. The Labute approximate surface area is 202 Å². The van der Waals surface area contributed by atoms with E-state index in [9.17, 15) is 9.59 Å². The Kier molecular flexibility index (Phi) is 7.93. The van der Waals surface area contributed by atoms with Gasteiger partial charge in [0, 0.05) is 38.4 Å². The standard InChI is InChI=1S/C28H34N4O2/c1-3-23-8-6-7-11-26(23)29-27(33)20-31-14-16-32(17-15-31)28(34)21-30(2)19-22-12-13-24-9-4-5-10-25(24)18-22/h4-13,18H,3,14-17,19-21H2,1-2H3,(H,29,33). The molecule has 0 unspecified atom stereocenters. The summed E-state index contributed by atoms with van der Waals surface area (Å²) in [5, 5.41) is 5.48. The summed E-state index contributed by atoms with van der Waals surface area (Å²) >= 11 is 0. The third kappa shape index (κ3) is 6.22. The number of hydrogen-bond donors (Lipinski definition) is 1. The van der Waals surface area contributed by atoms with E-state index in [2.05, 4.69) is 52.4 Å². The zero-order chi connectivity index (χ0) is 23.9. The number of nitrogens with zero attached hydrogens (tertiary/aromatic N) is 3. The van der Waals surface area contributed by atoms with Gasteiger partial charge in [-0.15, -0.1) is 0 Å². The fourth-order valence-corrected chi connectivity index (χ4v) is 4.53. The second-order valence-corrected chi connectivity index (χ2v) is 9.07. The highest BCUT2D eigenvalue weighted by atomic mass is 16.2. The van der Waals surface area contributed by atoms with Gasteiger partial charge in [-0.2, -0.15) is 0 Å². The van der Waals surface area contributed by atoms with E-state index in [1.165, 1.54) is 16.3 Å². The van der Waals surface area contributed by atoms with E-state index in [0.29, 0.717) is 39.3 Å². The van der Waals surface area contributed by atoms with E-state index in [4.69, 9.17) is 0 Å². The second-order valence-electron chi connectivity index (χ2n) is 9.07. The molecule has 178 valence electrons. The lowest BCUT2D eigenvalue weighted by Gasteiger charge is -2.35. The number of rotatable bonds is 8. The Morgan fingerprint density at radius 2 is 1.62 bits per heavy atom. The first-order valence-corrected chi connectivity index (χ1v) is 12.1. The van der Waals surface area contributed by atoms with Crippen molar-refractivity contribution in [2.45, 2.75) is 19.9 Å². The summed E-state index contributed by atoms with van der Waals surface area (Å²) in [6.45, 7) is 6.29. The molecule has 3 aromatic carbocycles. The molecule has 1 fully saturated rings. The molecule has 2 amide bonds. The molecule has 1 N–H and O–H groups in total. The number of nitrogens with one attached hydrogen (secondary N) is 1. The highest BCUT2D eigenvalue weighted by Crippen LogP contribution is 2.17. The van der Waals surface area contributed by atoms with Crippen LogP contribution in [0.5, 0.6) is 0 Å². The fraction of sp³-hybridized carbons (Fsp3) is 0.357. The summed E-state index contributed by atoms with van der Waals surface area (Å²) in [6, 6.07) is 22.7. The van der Waals surface area contributed by atoms with Gasteiger partial charge in [0.2, 0.25) is 11.8 Å². The van der Waals surface area contributed by atoms with E-state index in [-0.39, 0.29) is 11.8 Å². The molecule has 6 nitrogen and oxygen atoms in total. The number of carbonyl (C=O) groups is 2. The first-order valence-electron chi connectivity index (χ1n) is 12.1. The van der Waals surface area contributed by atoms with Crippen LogP contribution in [0.25, 0.3) is 10.8 Å². The van der Waals surface area contributed by atoms with E-state index in [0.717, 1.165) is 24.2 Å². The number of aryl methyl sites for hydroxylation is 1. The largest absolute Gasteiger partial charge is 0.339 e. The Hall–Kier alpha value is -3.22. The third-order valence-electron chi connectivity index (χ3n) is 6.44. The highest BCUT2D eigenvalue weighted by Gasteiger charge is 2.23. The van der Waals surface area contributed by atoms with Crippen LogP contribution in [-0.4, -0.2) is 72.8 Å². The van der Waals surface area contributed by atoms with Gasteiger partial charge in [-0.3, -0.25) is 19.4 Å². The summed E-state index contributed by atoms with van der Waals surface area (Å²) in [5.74, 6) is 0.139. The van der Waals surface area contributed by atoms with Crippen molar-refractivity contribution in [3.63, 3.8) is 0 Å². The fourth-order valence-electron chi connectivity index (χ4n) is 4.53. The topological polar surface area (TPSA) is 55.9 Å². The molecule has 0 aliphatic carbocycles. The van der Waals surface area contributed by atoms with Crippen molar-refractivity contribution in [2.75, 3.05) is 51.6 Å². The molecule has 34 heavy (non-hydrogen) atoms. The van der Waals surface area contributed by atoms with Gasteiger partial charge >= 0.3 is 0 Å². The molecule has 1 heterocycles. The number of benzene rings is 3. The van der Waals surface area contributed by atoms with E-state index < -0.39 is 0 Å². The first kappa shape index (κ1) is 23.9. The molecule has 1 aliphatic rings. The molecule has 0 aromatic heterocycles. The summed E-state index contributed by atoms with van der Waals surface area (Å²) in [6.07, 6.45) is 0.881. The molecular formula is C28H34N4O2. The zero-order valence-corrected chi connectivity index (χ0v) is 20.2. The van der Waals surface area contributed by atoms with Crippen LogP contribution in [0, 0.1) is 0 Å². The first-order chi connectivity index (χ1) is 16.5. The van der Waals surface area contributed by atoms with Gasteiger partial charge < -0.3 is 10.2 Å². The molecule has 0 atom stereocenters. The Morgan fingerprint density at radius 1 is 0.912 bits per heavy atom. The van der Waals surface area contributed by atoms with E-state index in [1.54, 1.807) is 0 Å². The maximum atomic E-state index is 12.8. The summed E-state index contributed by atoms with van der Waals surface area (Å²) in [7, 11) is 1.99. The number of amides is 2. The third-order valence-corrected chi connectivity index (χ3v) is 6.44. The van der Waals surface area contributed by atoms with Gasteiger partial charge in [-0.25, -0.2) is 0 Å². The minimum absolute atomic E-state index is 0.00389. The van der Waals surface area contributed by atoms with Crippen LogP contribution >= 0.6 is 0 Å². The monoisotopic (exact) mass is 458 g/mol. The van der Waals surface area contributed by atoms with Crippen molar-refractivity contribution in [3.8, 4) is 0 Å². The van der Waals surface area contributed by atoms with Crippen molar-refractivity contribution in [1.29, 1.82) is 0 Å². The lowest BCUT2D eigenvalue weighted by Crippen LogP contribution is -2.52. The van der Waals surface area contributed by atoms with Crippen LogP contribution in [0.2, 0.25) is 0 Å². The van der Waals surface area contributed by atoms with Crippen molar-refractivity contribution in [1.82, 2.24) is 14.7 Å². The van der Waals surface area contributed by atoms with Crippen LogP contribution in [0.1, 0.15) is 18.1 Å². The average Bonchev–Trinajstić information content (AvgIpc) is 2.84. The molecule has 0 bridgehead atoms. The van der Waals surface area contributed by atoms with Gasteiger partial charge in [0.05, 0.1) is 13.1 Å². The maximum Gasteiger partial charge on any atom is 0.238 e. The number of anilines is 1. The van der Waals surface area contributed by atoms with Crippen LogP contribution < -0.4 is 5.32 Å². The van der Waals surface area contributed by atoms with E-state index in [1.807, 2.05) is 48.3 Å². The zero-order valence-electron chi connectivity index (χ0n) is 20.2. The van der Waals surface area contributed by atoms with Crippen molar-refractivity contribution < 1.29 is 9.59 Å². The molecular weight excluding hydrogens is 424 g/mol. The van der Waals surface area contributed by atoms with Gasteiger partial charge in [-0.05, 0) is 47.5 Å². The maximum absolute atomic E-state index is 12.8. The minimum atomic E-state index is -0.00389. The summed E-state index contributed by atoms with van der Waals surface area (Å²) in [4.78, 5) is 31.5. The van der Waals surface area contributed by atoms with Crippen molar-refractivity contribution in [3.05, 3.63) is 77.9 Å². The molecule has 0 radical (unpaired) electrons. The number of para-hydroxylation sites is 1. The normalized spacial score (nSPS) is 14.5. The van der Waals surface area contributed by atoms with Gasteiger partial charge in [0.1, 0.15) is 0 Å². The number of carbonyl (C=O) groups excluding carboxylic acids is 2. The number of likely N-dealkylation sites (N-methyl/N-ethyl adjacent to an activating group) is 1. The second kappa shape index (κ2) is 11.3. The van der Waals surface area contributed by atoms with Crippen LogP contribution in [0.4, 0.5) is 5.69 Å². The summed E-state index contributed by atoms with van der Waals surface area (Å²) < 4.78 is 0. The van der Waals surface area contributed by atoms with Gasteiger partial charge in [0.15, 0.2) is 0 Å². The molecule has 0 spiro atoms. The molecule has 4 rings (SSSR count). The molecule has 0 saturated carbocycles. The predicted octanol–water partition coefficient (Wildman–Crippen LogP) is 3.62.